The van der Waals surface area contributed by atoms with Gasteiger partial charge in [-0.05, 0) is 50.5 Å². The van der Waals surface area contributed by atoms with E-state index in [-0.39, 0.29) is 23.7 Å². The molecule has 3 N–H and O–H groups in total. The fourth-order valence-corrected chi connectivity index (χ4v) is 7.06. The van der Waals surface area contributed by atoms with Crippen LogP contribution in [0.3, 0.4) is 0 Å². The number of rotatable bonds is 3. The zero-order chi connectivity index (χ0) is 23.7. The summed E-state index contributed by atoms with van der Waals surface area (Å²) in [6.07, 6.45) is 2.66. The highest BCUT2D eigenvalue weighted by Crippen LogP contribution is 2.62. The molecule has 0 radical (unpaired) electrons. The zero-order valence-corrected chi connectivity index (χ0v) is 19.5. The van der Waals surface area contributed by atoms with E-state index in [1.807, 2.05) is 18.7 Å². The molecule has 0 aromatic heterocycles. The van der Waals surface area contributed by atoms with Crippen molar-refractivity contribution in [2.24, 2.45) is 16.7 Å². The van der Waals surface area contributed by atoms with E-state index < -0.39 is 46.7 Å². The monoisotopic (exact) mass is 459 g/mol. The maximum Gasteiger partial charge on any atom is 0.340 e. The minimum Gasteiger partial charge on any atom is -0.504 e. The lowest BCUT2D eigenvalue weighted by Gasteiger charge is -2.53. The van der Waals surface area contributed by atoms with E-state index in [2.05, 4.69) is 0 Å². The number of allylic oxidation sites excluding steroid dienone is 1. The van der Waals surface area contributed by atoms with Gasteiger partial charge in [0.15, 0.2) is 5.76 Å². The molecule has 2 aliphatic heterocycles. The number of aliphatic hydroxyl groups excluding tert-OH is 3. The third-order valence-electron chi connectivity index (χ3n) is 8.82. The summed E-state index contributed by atoms with van der Waals surface area (Å²) in [5, 5.41) is 33.4. The van der Waals surface area contributed by atoms with Gasteiger partial charge in [-0.2, -0.15) is 0 Å². The number of hydrogen-bond acceptors (Lipinski definition) is 8. The zero-order valence-electron chi connectivity index (χ0n) is 19.5. The lowest BCUT2D eigenvalue weighted by atomic mass is 9.53. The van der Waals surface area contributed by atoms with E-state index in [9.17, 15) is 24.9 Å². The molecule has 2 saturated heterocycles. The SMILES string of the molecule is COCC1OC(=O)/C(=C/N2CCCC2)C2=C(O)C(=O)C3=C(C(O)CC4(C)C(O)CCC34)C21C. The first-order valence-electron chi connectivity index (χ1n) is 11.9. The maximum atomic E-state index is 13.7. The Hall–Kier alpha value is -2.16. The highest BCUT2D eigenvalue weighted by Gasteiger charge is 2.63. The number of ether oxygens (including phenoxy) is 2. The molecule has 0 bridgehead atoms. The Balaban J connectivity index is 1.73. The van der Waals surface area contributed by atoms with Crippen LogP contribution >= 0.6 is 0 Å². The number of aliphatic hydroxyl groups is 3. The van der Waals surface area contributed by atoms with E-state index in [4.69, 9.17) is 9.47 Å². The Bertz CT molecular complexity index is 991. The normalized spacial score (nSPS) is 42.0. The van der Waals surface area contributed by atoms with Crippen LogP contribution in [0.1, 0.15) is 46.0 Å². The molecular weight excluding hydrogens is 426 g/mol. The second kappa shape index (κ2) is 7.68. The number of carbonyl (C=O) groups is 2. The minimum atomic E-state index is -1.13. The van der Waals surface area contributed by atoms with Crippen LogP contribution in [0.4, 0.5) is 0 Å². The lowest BCUT2D eigenvalue weighted by molar-refractivity contribution is -0.157. The summed E-state index contributed by atoms with van der Waals surface area (Å²) in [7, 11) is 1.50. The van der Waals surface area contributed by atoms with Crippen LogP contribution in [-0.2, 0) is 19.1 Å². The van der Waals surface area contributed by atoms with Crippen LogP contribution in [0.15, 0.2) is 34.3 Å². The van der Waals surface area contributed by atoms with Gasteiger partial charge in [0.2, 0.25) is 5.78 Å². The first kappa shape index (κ1) is 22.6. The molecule has 0 aromatic rings. The molecule has 6 unspecified atom stereocenters. The number of nitrogens with zero attached hydrogens (tertiary/aromatic N) is 1. The average Bonchev–Trinajstić information content (AvgIpc) is 3.37. The van der Waals surface area contributed by atoms with Crippen molar-refractivity contribution in [2.45, 2.75) is 64.3 Å². The second-order valence-electron chi connectivity index (χ2n) is 10.6. The Labute approximate surface area is 193 Å². The average molecular weight is 460 g/mol. The van der Waals surface area contributed by atoms with Crippen LogP contribution in [0.2, 0.25) is 0 Å². The van der Waals surface area contributed by atoms with Crippen molar-refractivity contribution >= 4 is 11.8 Å². The van der Waals surface area contributed by atoms with Gasteiger partial charge >= 0.3 is 5.97 Å². The summed E-state index contributed by atoms with van der Waals surface area (Å²) >= 11 is 0. The standard InChI is InChI=1S/C25H33NO7/c1-24-10-15(27)20-18(14(24)6-7-16(24)28)21(29)22(30)19-13(11-26-8-4-5-9-26)23(31)33-17(12-32-3)25(19,20)2/h11,14-17,27-28,30H,4-10,12H2,1-3H3/b13-11+. The molecule has 3 fully saturated rings. The molecule has 2 heterocycles. The molecule has 1 saturated carbocycles. The topological polar surface area (TPSA) is 117 Å². The van der Waals surface area contributed by atoms with Crippen molar-refractivity contribution in [1.82, 2.24) is 4.90 Å². The number of cyclic esters (lactones) is 1. The number of hydrogen-bond donors (Lipinski definition) is 3. The summed E-state index contributed by atoms with van der Waals surface area (Å²) < 4.78 is 11.2. The number of likely N-dealkylation sites (tertiary alicyclic amines) is 1. The van der Waals surface area contributed by atoms with Gasteiger partial charge in [-0.15, -0.1) is 0 Å². The van der Waals surface area contributed by atoms with Crippen LogP contribution in [-0.4, -0.2) is 77.1 Å². The van der Waals surface area contributed by atoms with Gasteiger partial charge in [0.25, 0.3) is 0 Å². The van der Waals surface area contributed by atoms with Crippen LogP contribution < -0.4 is 0 Å². The van der Waals surface area contributed by atoms with Gasteiger partial charge in [0, 0.05) is 43.0 Å². The van der Waals surface area contributed by atoms with Crippen molar-refractivity contribution in [1.29, 1.82) is 0 Å². The number of carbonyl (C=O) groups excluding carboxylic acids is 2. The summed E-state index contributed by atoms with van der Waals surface area (Å²) in [6.45, 7) is 5.35. The molecule has 180 valence electrons. The Morgan fingerprint density at radius 1 is 1.18 bits per heavy atom. The van der Waals surface area contributed by atoms with E-state index in [1.54, 1.807) is 6.20 Å². The molecule has 5 rings (SSSR count). The van der Waals surface area contributed by atoms with Gasteiger partial charge in [-0.25, -0.2) is 4.79 Å². The van der Waals surface area contributed by atoms with Crippen molar-refractivity contribution in [3.63, 3.8) is 0 Å². The molecule has 33 heavy (non-hydrogen) atoms. The van der Waals surface area contributed by atoms with Crippen LogP contribution in [0.25, 0.3) is 0 Å². The fourth-order valence-electron chi connectivity index (χ4n) is 7.06. The van der Waals surface area contributed by atoms with Crippen LogP contribution in [0.5, 0.6) is 0 Å². The van der Waals surface area contributed by atoms with E-state index in [1.165, 1.54) is 7.11 Å². The van der Waals surface area contributed by atoms with Gasteiger partial charge in [0.1, 0.15) is 6.10 Å². The fraction of sp³-hybridized carbons (Fsp3) is 0.680. The molecule has 3 aliphatic carbocycles. The molecule has 0 amide bonds. The number of ketones is 1. The molecule has 0 spiro atoms. The number of Topliss-reactive ketones (excluding diaryl/α,β-unsaturated/α-hetero) is 1. The maximum absolute atomic E-state index is 13.7. The predicted molar refractivity (Wildman–Crippen MR) is 118 cm³/mol. The summed E-state index contributed by atoms with van der Waals surface area (Å²) in [6, 6.07) is 0. The summed E-state index contributed by atoms with van der Waals surface area (Å²) in [5.41, 5.74) is -0.529. The lowest BCUT2D eigenvalue weighted by Crippen LogP contribution is -2.56. The minimum absolute atomic E-state index is 0.0538. The Kier molecular flexibility index (Phi) is 5.27. The number of fused-ring (bicyclic) bond motifs is 4. The van der Waals surface area contributed by atoms with Crippen LogP contribution in [0, 0.1) is 16.7 Å². The van der Waals surface area contributed by atoms with Crippen molar-refractivity contribution in [3.05, 3.63) is 34.3 Å². The first-order chi connectivity index (χ1) is 15.6. The predicted octanol–water partition coefficient (Wildman–Crippen LogP) is 1.78. The molecule has 8 heteroatoms. The number of esters is 1. The number of methoxy groups -OCH3 is 1. The van der Waals surface area contributed by atoms with E-state index >= 15 is 0 Å². The van der Waals surface area contributed by atoms with E-state index in [0.29, 0.717) is 30.4 Å². The molecule has 5 aliphatic rings. The third kappa shape index (κ3) is 3.00. The van der Waals surface area contributed by atoms with Gasteiger partial charge in [-0.1, -0.05) is 6.92 Å². The summed E-state index contributed by atoms with van der Waals surface area (Å²) in [4.78, 5) is 28.8. The molecule has 6 atom stereocenters. The van der Waals surface area contributed by atoms with Gasteiger partial charge < -0.3 is 29.7 Å². The largest absolute Gasteiger partial charge is 0.504 e. The highest BCUT2D eigenvalue weighted by atomic mass is 16.6. The van der Waals surface area contributed by atoms with Crippen molar-refractivity contribution < 1.29 is 34.4 Å². The van der Waals surface area contributed by atoms with Crippen molar-refractivity contribution in [3.8, 4) is 0 Å². The molecular formula is C25H33NO7. The molecule has 0 aromatic carbocycles. The molecule has 8 nitrogen and oxygen atoms in total. The van der Waals surface area contributed by atoms with Gasteiger partial charge in [-0.3, -0.25) is 4.79 Å². The highest BCUT2D eigenvalue weighted by molar-refractivity contribution is 6.13. The quantitative estimate of drug-likeness (QED) is 0.432. The Morgan fingerprint density at radius 2 is 1.88 bits per heavy atom. The second-order valence-corrected chi connectivity index (χ2v) is 10.6. The van der Waals surface area contributed by atoms with Gasteiger partial charge in [0.05, 0.1) is 29.8 Å². The van der Waals surface area contributed by atoms with E-state index in [0.717, 1.165) is 25.9 Å². The van der Waals surface area contributed by atoms with Crippen molar-refractivity contribution in [2.75, 3.05) is 26.8 Å². The smallest absolute Gasteiger partial charge is 0.340 e. The summed E-state index contributed by atoms with van der Waals surface area (Å²) in [5.74, 6) is -1.91. The Morgan fingerprint density at radius 3 is 2.55 bits per heavy atom. The third-order valence-corrected chi connectivity index (χ3v) is 8.82. The first-order valence-corrected chi connectivity index (χ1v) is 11.9.